The number of hydrogen-bond donors (Lipinski definition) is 0. The molecule has 1 rings (SSSR count). The van der Waals surface area contributed by atoms with Crippen LogP contribution in [0.1, 0.15) is 0 Å². The van der Waals surface area contributed by atoms with Crippen LogP contribution in [0.4, 0.5) is 0 Å². The molecule has 0 saturated carbocycles. The maximum absolute atomic E-state index is 4.82. The quantitative estimate of drug-likeness (QED) is 0.636. The van der Waals surface area contributed by atoms with Crippen LogP contribution in [0.25, 0.3) is 0 Å². The van der Waals surface area contributed by atoms with E-state index in [4.69, 9.17) is 9.47 Å². The van der Waals surface area contributed by atoms with Crippen molar-refractivity contribution >= 4 is 27.2 Å². The number of halogens is 2. The topological polar surface area (TPSA) is 18.5 Å². The molecule has 0 aromatic heterocycles. The van der Waals surface area contributed by atoms with Gasteiger partial charge in [0, 0.05) is 6.92 Å². The molecule has 0 spiro atoms. The summed E-state index contributed by atoms with van der Waals surface area (Å²) in [5.74, 6) is 0. The van der Waals surface area contributed by atoms with Crippen LogP contribution in [0.5, 0.6) is 0 Å². The van der Waals surface area contributed by atoms with E-state index in [2.05, 4.69) is 34.2 Å². The monoisotopic (exact) mass is 309 g/mol. The van der Waals surface area contributed by atoms with Crippen LogP contribution in [-0.4, -0.2) is 19.5 Å². The third-order valence-corrected chi connectivity index (χ3v) is 0.691. The van der Waals surface area contributed by atoms with Crippen LogP contribution in [0.15, 0.2) is 0 Å². The zero-order chi connectivity index (χ0) is 7.11. The Kier molecular flexibility index (Phi) is 8.88. The van der Waals surface area contributed by atoms with Gasteiger partial charge < -0.3 is 9.47 Å². The fourth-order valence-corrected chi connectivity index (χ4v) is 0.407. The van der Waals surface area contributed by atoms with Crippen molar-refractivity contribution in [2.75, 3.05) is 13.2 Å². The van der Waals surface area contributed by atoms with E-state index in [1.807, 2.05) is 0 Å². The summed E-state index contributed by atoms with van der Waals surface area (Å²) in [4.78, 5) is 0. The normalized spacial score (nSPS) is 18.1. The average Bonchev–Trinajstić information content (AvgIpc) is 2.20. The molecule has 0 amide bonds. The summed E-state index contributed by atoms with van der Waals surface area (Å²) in [5, 5.41) is 0. The average molecular weight is 312 g/mol. The molecule has 0 N–H and O–H groups in total. The molecule has 0 aromatic rings. The van der Waals surface area contributed by atoms with Crippen molar-refractivity contribution in [3.05, 3.63) is 6.92 Å². The molecule has 0 bridgehead atoms. The summed E-state index contributed by atoms with van der Waals surface area (Å²) in [6.45, 7) is 4.90. The van der Waals surface area contributed by atoms with Gasteiger partial charge in [-0.1, -0.05) is 0 Å². The second kappa shape index (κ2) is 7.61. The Labute approximate surface area is 76.0 Å². The molecule has 1 fully saturated rings. The Morgan fingerprint density at radius 1 is 1.33 bits per heavy atom. The van der Waals surface area contributed by atoms with Gasteiger partial charge in [-0.25, -0.2) is 0 Å². The molecule has 51 valence electrons. The first-order valence-corrected chi connectivity index (χ1v) is 16.4. The number of rotatable bonds is 0. The van der Waals surface area contributed by atoms with Gasteiger partial charge >= 0.3 is 40.5 Å². The summed E-state index contributed by atoms with van der Waals surface area (Å²) in [7, 11) is 0. The third-order valence-electron chi connectivity index (χ3n) is 0.691. The predicted molar refractivity (Wildman–Crippen MR) is 38.9 cm³/mol. The first-order valence-electron chi connectivity index (χ1n) is 2.49. The molecule has 1 heterocycles. The summed E-state index contributed by atoms with van der Waals surface area (Å²) in [6.07, 6.45) is -0.204. The summed E-state index contributed by atoms with van der Waals surface area (Å²) in [6, 6.07) is 0. The first-order chi connectivity index (χ1) is 4.31. The van der Waals surface area contributed by atoms with E-state index in [1.165, 1.54) is 0 Å². The smallest absolute Gasteiger partial charge is 0.157 e. The Morgan fingerprint density at radius 3 is 1.78 bits per heavy atom. The molecule has 1 radical (unpaired) electrons. The van der Waals surface area contributed by atoms with Gasteiger partial charge in [-0.2, -0.15) is 0 Å². The molecule has 9 heavy (non-hydrogen) atoms. The number of ether oxygens (including phenoxy) is 2. The Morgan fingerprint density at radius 2 is 1.67 bits per heavy atom. The molecule has 1 aliphatic rings. The molecular formula is C4H7Br2O2Zn. The zero-order valence-corrected chi connectivity index (χ0v) is 11.1. The molecule has 0 aromatic carbocycles. The maximum Gasteiger partial charge on any atom is 0.157 e. The summed E-state index contributed by atoms with van der Waals surface area (Å²) in [5.41, 5.74) is 0. The molecule has 0 unspecified atom stereocenters. The van der Waals surface area contributed by atoms with E-state index in [0.717, 1.165) is 0 Å². The molecule has 2 nitrogen and oxygen atoms in total. The van der Waals surface area contributed by atoms with Gasteiger partial charge in [-0.15, -0.1) is 0 Å². The molecule has 0 atom stereocenters. The van der Waals surface area contributed by atoms with Crippen LogP contribution >= 0.6 is 27.2 Å². The summed E-state index contributed by atoms with van der Waals surface area (Å²) < 4.78 is 9.64. The van der Waals surface area contributed by atoms with Gasteiger partial charge in [0.1, 0.15) is 0 Å². The Bertz CT molecular complexity index is 58.5. The van der Waals surface area contributed by atoms with Gasteiger partial charge in [-0.3, -0.25) is 0 Å². The van der Waals surface area contributed by atoms with E-state index in [1.54, 1.807) is 0 Å². The van der Waals surface area contributed by atoms with E-state index < -0.39 is 0 Å². The standard InChI is InChI=1S/C4H7O2.2BrH.Zn/c1-4-5-2-3-6-4;;;/h4H,1-3H2;2*1H;/q;;;+2/p-2. The van der Waals surface area contributed by atoms with Crippen molar-refractivity contribution < 1.29 is 22.7 Å². The van der Waals surface area contributed by atoms with Gasteiger partial charge in [0.25, 0.3) is 0 Å². The maximum atomic E-state index is 4.82. The van der Waals surface area contributed by atoms with Crippen LogP contribution in [-0.2, 0) is 22.7 Å². The first kappa shape index (κ1) is 10.5. The SMILES string of the molecule is [Br][Zn][Br].[CH2]C1OCCO1. The van der Waals surface area contributed by atoms with Crippen LogP contribution in [0, 0.1) is 6.92 Å². The Hall–Kier alpha value is 1.50. The molecular weight excluding hydrogens is 305 g/mol. The van der Waals surface area contributed by atoms with Crippen molar-refractivity contribution in [2.24, 2.45) is 0 Å². The number of hydrogen-bond acceptors (Lipinski definition) is 2. The van der Waals surface area contributed by atoms with Gasteiger partial charge in [0.15, 0.2) is 6.29 Å². The van der Waals surface area contributed by atoms with Gasteiger partial charge in [0.05, 0.1) is 13.2 Å². The van der Waals surface area contributed by atoms with E-state index in [9.17, 15) is 0 Å². The van der Waals surface area contributed by atoms with Crippen molar-refractivity contribution in [3.8, 4) is 0 Å². The van der Waals surface area contributed by atoms with E-state index >= 15 is 0 Å². The van der Waals surface area contributed by atoms with Gasteiger partial charge in [-0.05, 0) is 0 Å². The largest absolute Gasteiger partial charge is 0.350 e. The third kappa shape index (κ3) is 7.40. The summed E-state index contributed by atoms with van der Waals surface area (Å²) >= 11 is 6.25. The van der Waals surface area contributed by atoms with Crippen LogP contribution in [0.3, 0.4) is 0 Å². The van der Waals surface area contributed by atoms with Crippen molar-refractivity contribution in [1.82, 2.24) is 0 Å². The van der Waals surface area contributed by atoms with Crippen LogP contribution in [0.2, 0.25) is 0 Å². The second-order valence-corrected chi connectivity index (χ2v) is 15.3. The fourth-order valence-electron chi connectivity index (χ4n) is 0.407. The minimum absolute atomic E-state index is 0.204. The van der Waals surface area contributed by atoms with E-state index in [0.29, 0.717) is 13.2 Å². The fraction of sp³-hybridized carbons (Fsp3) is 0.750. The predicted octanol–water partition coefficient (Wildman–Crippen LogP) is 1.88. The minimum atomic E-state index is -0.250. The molecule has 0 aliphatic carbocycles. The minimum Gasteiger partial charge on any atom is -0.350 e. The van der Waals surface area contributed by atoms with Crippen molar-refractivity contribution in [1.29, 1.82) is 0 Å². The zero-order valence-electron chi connectivity index (χ0n) is 4.98. The Balaban J connectivity index is 0.000000187. The van der Waals surface area contributed by atoms with E-state index in [-0.39, 0.29) is 19.5 Å². The van der Waals surface area contributed by atoms with Crippen molar-refractivity contribution in [2.45, 2.75) is 6.29 Å². The second-order valence-electron chi connectivity index (χ2n) is 1.27. The molecule has 5 heteroatoms. The van der Waals surface area contributed by atoms with Gasteiger partial charge in [0.2, 0.25) is 0 Å². The molecule has 1 saturated heterocycles. The van der Waals surface area contributed by atoms with Crippen LogP contribution < -0.4 is 0 Å². The van der Waals surface area contributed by atoms with Crippen molar-refractivity contribution in [3.63, 3.8) is 0 Å². The molecule has 1 aliphatic heterocycles.